The van der Waals surface area contributed by atoms with Crippen molar-refractivity contribution in [3.8, 4) is 0 Å². The average molecular weight is 314 g/mol. The third-order valence-electron chi connectivity index (χ3n) is 3.97. The van der Waals surface area contributed by atoms with Gasteiger partial charge in [-0.05, 0) is 0 Å². The quantitative estimate of drug-likeness (QED) is 0.649. The van der Waals surface area contributed by atoms with E-state index in [9.17, 15) is 0 Å². The molecule has 3 rings (SSSR count). The van der Waals surface area contributed by atoms with Gasteiger partial charge in [-0.1, -0.05) is 0 Å². The number of hydrogen-bond acceptors (Lipinski definition) is 0. The third kappa shape index (κ3) is 1.50. The molecule has 0 saturated heterocycles. The molecule has 16 heavy (non-hydrogen) atoms. The zero-order valence-corrected chi connectivity index (χ0v) is 12.6. The molecule has 0 radical (unpaired) electrons. The van der Waals surface area contributed by atoms with Gasteiger partial charge in [0.15, 0.2) is 0 Å². The number of allylic oxidation sites excluding steroid dienone is 8. The molecule has 0 nitrogen and oxygen atoms in total. The van der Waals surface area contributed by atoms with Crippen LogP contribution in [0.2, 0.25) is 9.00 Å². The Morgan fingerprint density at radius 1 is 1.06 bits per heavy atom. The average Bonchev–Trinajstić information content (AvgIpc) is 3.06. The number of hydrogen-bond donors (Lipinski definition) is 0. The van der Waals surface area contributed by atoms with E-state index >= 15 is 0 Å². The Bertz CT molecular complexity index is 420. The summed E-state index contributed by atoms with van der Waals surface area (Å²) in [5.74, 6) is 0.617. The summed E-state index contributed by atoms with van der Waals surface area (Å²) in [6.45, 7) is 0. The Labute approximate surface area is 107 Å². The van der Waals surface area contributed by atoms with Gasteiger partial charge in [0, 0.05) is 0 Å². The van der Waals surface area contributed by atoms with Gasteiger partial charge in [0.1, 0.15) is 0 Å². The predicted octanol–water partition coefficient (Wildman–Crippen LogP) is 4.68. The Balaban J connectivity index is 1.89. The molecule has 3 aliphatic carbocycles. The van der Waals surface area contributed by atoms with Crippen LogP contribution in [0.1, 0.15) is 12.8 Å². The first-order valence-corrected chi connectivity index (χ1v) is 13.5. The van der Waals surface area contributed by atoms with Gasteiger partial charge in [-0.2, -0.15) is 0 Å². The van der Waals surface area contributed by atoms with Crippen molar-refractivity contribution in [1.82, 2.24) is 0 Å². The first-order chi connectivity index (χ1) is 7.67. The Hall–Kier alpha value is 0.0829. The van der Waals surface area contributed by atoms with Crippen LogP contribution in [0.25, 0.3) is 0 Å². The zero-order chi connectivity index (χ0) is 11.2. The summed E-state index contributed by atoms with van der Waals surface area (Å²) in [4.78, 5) is 0. The van der Waals surface area contributed by atoms with Crippen LogP contribution in [0.15, 0.2) is 48.6 Å². The Morgan fingerprint density at radius 3 is 2.56 bits per heavy atom. The second-order valence-corrected chi connectivity index (χ2v) is 18.2. The maximum atomic E-state index is 6.86. The van der Waals surface area contributed by atoms with Crippen LogP contribution in [0.5, 0.6) is 0 Å². The SMILES string of the molecule is [Cl][Ge]([Cl])([CH]1C=CC=CC1)[C]12C=CC=CC1C2. The van der Waals surface area contributed by atoms with E-state index < -0.39 is 11.4 Å². The first-order valence-electron chi connectivity index (χ1n) is 5.74. The number of fused-ring (bicyclic) bond motifs is 1. The number of halogens is 2. The normalized spacial score (nSPS) is 39.9. The van der Waals surface area contributed by atoms with Crippen molar-refractivity contribution in [3.63, 3.8) is 0 Å². The molecule has 0 bridgehead atoms. The molecule has 1 fully saturated rings. The molecule has 3 atom stereocenters. The van der Waals surface area contributed by atoms with E-state index in [1.165, 1.54) is 6.42 Å². The summed E-state index contributed by atoms with van der Waals surface area (Å²) in [6.07, 6.45) is 19.6. The van der Waals surface area contributed by atoms with Crippen LogP contribution in [-0.4, -0.2) is 11.4 Å². The van der Waals surface area contributed by atoms with Crippen molar-refractivity contribution in [2.24, 2.45) is 5.92 Å². The van der Waals surface area contributed by atoms with Crippen molar-refractivity contribution in [2.45, 2.75) is 21.8 Å². The minimum atomic E-state index is -2.84. The first kappa shape index (κ1) is 11.2. The molecular weight excluding hydrogens is 300 g/mol. The molecule has 84 valence electrons. The van der Waals surface area contributed by atoms with E-state index in [4.69, 9.17) is 20.0 Å². The topological polar surface area (TPSA) is 0 Å². The molecule has 0 N–H and O–H groups in total. The van der Waals surface area contributed by atoms with Crippen LogP contribution in [0.3, 0.4) is 0 Å². The van der Waals surface area contributed by atoms with Crippen molar-refractivity contribution in [1.29, 1.82) is 0 Å². The Kier molecular flexibility index (Phi) is 2.65. The summed E-state index contributed by atoms with van der Waals surface area (Å²) in [5, 5.41) is 0. The molecule has 3 aliphatic rings. The summed E-state index contributed by atoms with van der Waals surface area (Å²) >= 11 is -2.84. The molecule has 0 aliphatic heterocycles. The van der Waals surface area contributed by atoms with E-state index in [2.05, 4.69) is 48.6 Å². The molecule has 3 heteroatoms. The van der Waals surface area contributed by atoms with Gasteiger partial charge in [0.2, 0.25) is 0 Å². The van der Waals surface area contributed by atoms with Gasteiger partial charge in [-0.25, -0.2) is 0 Å². The Morgan fingerprint density at radius 2 is 1.88 bits per heavy atom. The van der Waals surface area contributed by atoms with Crippen LogP contribution in [0.4, 0.5) is 0 Å². The summed E-state index contributed by atoms with van der Waals surface area (Å²) < 4.78 is 0.576. The van der Waals surface area contributed by atoms with Gasteiger partial charge in [-0.15, -0.1) is 0 Å². The van der Waals surface area contributed by atoms with Crippen LogP contribution in [-0.2, 0) is 0 Å². The second kappa shape index (κ2) is 3.79. The summed E-state index contributed by atoms with van der Waals surface area (Å²) in [5.41, 5.74) is 0. The molecule has 0 aromatic rings. The molecule has 0 spiro atoms. The predicted molar refractivity (Wildman–Crippen MR) is 73.2 cm³/mol. The van der Waals surface area contributed by atoms with Gasteiger partial charge in [0.05, 0.1) is 0 Å². The monoisotopic (exact) mass is 314 g/mol. The van der Waals surface area contributed by atoms with Gasteiger partial charge < -0.3 is 0 Å². The van der Waals surface area contributed by atoms with Crippen LogP contribution >= 0.6 is 20.0 Å². The molecule has 0 amide bonds. The fourth-order valence-electron chi connectivity index (χ4n) is 2.85. The van der Waals surface area contributed by atoms with Crippen molar-refractivity contribution in [2.75, 3.05) is 0 Å². The van der Waals surface area contributed by atoms with Gasteiger partial charge in [0.25, 0.3) is 0 Å². The molecule has 0 aromatic carbocycles. The van der Waals surface area contributed by atoms with E-state index in [1.54, 1.807) is 0 Å². The van der Waals surface area contributed by atoms with Gasteiger partial charge >= 0.3 is 108 Å². The molecule has 0 heterocycles. The van der Waals surface area contributed by atoms with E-state index in [0.717, 1.165) is 6.42 Å². The molecule has 0 aromatic heterocycles. The minimum absolute atomic E-state index is 0.165. The summed E-state index contributed by atoms with van der Waals surface area (Å²) in [6, 6.07) is 0. The van der Waals surface area contributed by atoms with Crippen molar-refractivity contribution < 1.29 is 0 Å². The van der Waals surface area contributed by atoms with E-state index in [0.29, 0.717) is 10.7 Å². The summed E-state index contributed by atoms with van der Waals surface area (Å²) in [7, 11) is 13.7. The fraction of sp³-hybridized carbons (Fsp3) is 0.385. The number of rotatable bonds is 2. The van der Waals surface area contributed by atoms with Crippen LogP contribution in [0, 0.1) is 5.92 Å². The van der Waals surface area contributed by atoms with E-state index in [-0.39, 0.29) is 4.25 Å². The van der Waals surface area contributed by atoms with Gasteiger partial charge in [-0.3, -0.25) is 0 Å². The molecule has 3 unspecified atom stereocenters. The fourth-order valence-corrected chi connectivity index (χ4v) is 13.5. The molecular formula is C13H14Cl2Ge. The zero-order valence-electron chi connectivity index (χ0n) is 8.94. The van der Waals surface area contributed by atoms with E-state index in [1.807, 2.05) is 0 Å². The second-order valence-electron chi connectivity index (χ2n) is 4.87. The van der Waals surface area contributed by atoms with Crippen LogP contribution < -0.4 is 0 Å². The standard InChI is InChI=1S/C13H14Cl2Ge/c14-16(15,12-7-2-1-3-8-12)13-9-5-4-6-11(13)10-13/h1-7,9,11-12H,8,10H2. The molecule has 1 saturated carbocycles. The van der Waals surface area contributed by atoms with Crippen molar-refractivity contribution in [3.05, 3.63) is 48.6 Å². The third-order valence-corrected chi connectivity index (χ3v) is 17.6. The maximum absolute atomic E-state index is 6.86. The van der Waals surface area contributed by atoms with Crippen molar-refractivity contribution >= 4 is 31.4 Å².